The quantitative estimate of drug-likeness (QED) is 0.581. The van der Waals surface area contributed by atoms with Gasteiger partial charge in [-0.25, -0.2) is 19.6 Å². The highest BCUT2D eigenvalue weighted by atomic mass is 16.5. The summed E-state index contributed by atoms with van der Waals surface area (Å²) in [5, 5.41) is 2.66. The number of nitrogens with zero attached hydrogens (tertiary/aromatic N) is 2. The molecule has 8 heteroatoms. The van der Waals surface area contributed by atoms with Crippen molar-refractivity contribution in [2.24, 2.45) is 0 Å². The van der Waals surface area contributed by atoms with E-state index in [1.54, 1.807) is 13.8 Å². The minimum atomic E-state index is -0.611. The van der Waals surface area contributed by atoms with Crippen molar-refractivity contribution < 1.29 is 23.9 Å². The van der Waals surface area contributed by atoms with Gasteiger partial charge >= 0.3 is 11.9 Å². The smallest absolute Gasteiger partial charge is 0.338 e. The second kappa shape index (κ2) is 10.1. The second-order valence-electron chi connectivity index (χ2n) is 6.36. The SMILES string of the molecule is CCOC(=O)c1cc(NC(=O)c2cnc(-c3ccccc3)nc2)cc(C(=O)OCC)c1. The van der Waals surface area contributed by atoms with E-state index in [9.17, 15) is 14.4 Å². The summed E-state index contributed by atoms with van der Waals surface area (Å²) in [7, 11) is 0. The Morgan fingerprint density at radius 3 is 1.87 bits per heavy atom. The molecule has 31 heavy (non-hydrogen) atoms. The summed E-state index contributed by atoms with van der Waals surface area (Å²) in [4.78, 5) is 45.4. The standard InChI is InChI=1S/C23H21N3O5/c1-3-30-22(28)16-10-17(23(29)31-4-2)12-19(11-16)26-21(27)18-13-24-20(25-14-18)15-8-6-5-7-9-15/h5-14H,3-4H2,1-2H3,(H,26,27). The molecule has 3 rings (SSSR count). The van der Waals surface area contributed by atoms with Crippen LogP contribution in [0.2, 0.25) is 0 Å². The zero-order chi connectivity index (χ0) is 22.2. The van der Waals surface area contributed by atoms with Crippen molar-refractivity contribution >= 4 is 23.5 Å². The molecule has 2 aromatic carbocycles. The molecular weight excluding hydrogens is 398 g/mol. The minimum absolute atomic E-state index is 0.123. The number of aromatic nitrogens is 2. The van der Waals surface area contributed by atoms with Gasteiger partial charge in [0, 0.05) is 23.6 Å². The molecule has 0 radical (unpaired) electrons. The summed E-state index contributed by atoms with van der Waals surface area (Å²) in [6.07, 6.45) is 2.82. The molecule has 0 bridgehead atoms. The molecule has 1 amide bonds. The van der Waals surface area contributed by atoms with Crippen LogP contribution in [-0.4, -0.2) is 41.0 Å². The Kier molecular flexibility index (Phi) is 7.05. The molecule has 0 aliphatic heterocycles. The van der Waals surface area contributed by atoms with Gasteiger partial charge in [0.2, 0.25) is 0 Å². The van der Waals surface area contributed by atoms with Gasteiger partial charge in [0.05, 0.1) is 29.9 Å². The summed E-state index contributed by atoms with van der Waals surface area (Å²) in [6, 6.07) is 13.6. The van der Waals surface area contributed by atoms with E-state index in [1.165, 1.54) is 30.6 Å². The average Bonchev–Trinajstić information content (AvgIpc) is 2.80. The van der Waals surface area contributed by atoms with Gasteiger partial charge in [0.15, 0.2) is 5.82 Å². The van der Waals surface area contributed by atoms with Crippen molar-refractivity contribution in [3.05, 3.63) is 77.6 Å². The molecule has 158 valence electrons. The van der Waals surface area contributed by atoms with Gasteiger partial charge in [-0.3, -0.25) is 4.79 Å². The van der Waals surface area contributed by atoms with Crippen molar-refractivity contribution in [1.29, 1.82) is 0 Å². The normalized spacial score (nSPS) is 10.3. The van der Waals surface area contributed by atoms with Gasteiger partial charge in [0.1, 0.15) is 0 Å². The van der Waals surface area contributed by atoms with Gasteiger partial charge in [-0.1, -0.05) is 30.3 Å². The highest BCUT2D eigenvalue weighted by Crippen LogP contribution is 2.19. The number of hydrogen-bond donors (Lipinski definition) is 1. The zero-order valence-electron chi connectivity index (χ0n) is 17.1. The number of nitrogens with one attached hydrogen (secondary N) is 1. The molecule has 0 spiro atoms. The number of rotatable bonds is 7. The summed E-state index contributed by atoms with van der Waals surface area (Å²) in [5.74, 6) is -1.22. The van der Waals surface area contributed by atoms with E-state index in [2.05, 4.69) is 15.3 Å². The van der Waals surface area contributed by atoms with Gasteiger partial charge in [-0.15, -0.1) is 0 Å². The lowest BCUT2D eigenvalue weighted by Crippen LogP contribution is -2.15. The molecule has 0 fully saturated rings. The van der Waals surface area contributed by atoms with Gasteiger partial charge in [-0.05, 0) is 32.0 Å². The first kappa shape index (κ1) is 21.6. The summed E-state index contributed by atoms with van der Waals surface area (Å²) in [6.45, 7) is 3.70. The maximum Gasteiger partial charge on any atom is 0.338 e. The number of anilines is 1. The third-order valence-corrected chi connectivity index (χ3v) is 4.16. The van der Waals surface area contributed by atoms with Crippen LogP contribution in [0.3, 0.4) is 0 Å². The van der Waals surface area contributed by atoms with Gasteiger partial charge in [0.25, 0.3) is 5.91 Å². The topological polar surface area (TPSA) is 107 Å². The molecule has 0 aliphatic rings. The Morgan fingerprint density at radius 2 is 1.35 bits per heavy atom. The van der Waals surface area contributed by atoms with Crippen molar-refractivity contribution in [3.63, 3.8) is 0 Å². The molecule has 0 unspecified atom stereocenters. The van der Waals surface area contributed by atoms with Crippen LogP contribution < -0.4 is 5.32 Å². The molecule has 8 nitrogen and oxygen atoms in total. The molecular formula is C23H21N3O5. The molecule has 1 heterocycles. The van der Waals surface area contributed by atoms with Crippen LogP contribution in [0.4, 0.5) is 5.69 Å². The molecule has 0 saturated carbocycles. The van der Waals surface area contributed by atoms with E-state index in [4.69, 9.17) is 9.47 Å². The molecule has 0 atom stereocenters. The Labute approximate surface area is 179 Å². The highest BCUT2D eigenvalue weighted by Gasteiger charge is 2.16. The largest absolute Gasteiger partial charge is 0.462 e. The van der Waals surface area contributed by atoms with Crippen LogP contribution in [0, 0.1) is 0 Å². The van der Waals surface area contributed by atoms with Crippen LogP contribution >= 0.6 is 0 Å². The average molecular weight is 419 g/mol. The summed E-state index contributed by atoms with van der Waals surface area (Å²) >= 11 is 0. The minimum Gasteiger partial charge on any atom is -0.462 e. The molecule has 0 saturated heterocycles. The monoisotopic (exact) mass is 419 g/mol. The lowest BCUT2D eigenvalue weighted by atomic mass is 10.1. The number of amides is 1. The van der Waals surface area contributed by atoms with E-state index in [1.807, 2.05) is 30.3 Å². The fourth-order valence-corrected chi connectivity index (χ4v) is 2.75. The van der Waals surface area contributed by atoms with Crippen molar-refractivity contribution in [3.8, 4) is 11.4 Å². The van der Waals surface area contributed by atoms with E-state index in [-0.39, 0.29) is 35.6 Å². The Hall–Kier alpha value is -4.07. The third kappa shape index (κ3) is 5.51. The number of benzene rings is 2. The van der Waals surface area contributed by atoms with Crippen LogP contribution in [0.15, 0.2) is 60.9 Å². The second-order valence-corrected chi connectivity index (χ2v) is 6.36. The van der Waals surface area contributed by atoms with E-state index >= 15 is 0 Å². The van der Waals surface area contributed by atoms with Crippen molar-refractivity contribution in [2.75, 3.05) is 18.5 Å². The summed E-state index contributed by atoms with van der Waals surface area (Å²) in [5.41, 5.74) is 1.54. The predicted molar refractivity (Wildman–Crippen MR) is 114 cm³/mol. The zero-order valence-corrected chi connectivity index (χ0v) is 17.1. The Morgan fingerprint density at radius 1 is 0.806 bits per heavy atom. The Bertz CT molecular complexity index is 1050. The van der Waals surface area contributed by atoms with Crippen LogP contribution in [0.25, 0.3) is 11.4 Å². The number of esters is 2. The van der Waals surface area contributed by atoms with Crippen molar-refractivity contribution in [1.82, 2.24) is 9.97 Å². The number of ether oxygens (including phenoxy) is 2. The van der Waals surface area contributed by atoms with Crippen molar-refractivity contribution in [2.45, 2.75) is 13.8 Å². The first-order valence-corrected chi connectivity index (χ1v) is 9.70. The number of carbonyl (C=O) groups is 3. The molecule has 1 aromatic heterocycles. The predicted octanol–water partition coefficient (Wildman–Crippen LogP) is 3.75. The summed E-state index contributed by atoms with van der Waals surface area (Å²) < 4.78 is 10.00. The van der Waals surface area contributed by atoms with Gasteiger partial charge in [-0.2, -0.15) is 0 Å². The molecule has 0 aliphatic carbocycles. The van der Waals surface area contributed by atoms with Crippen LogP contribution in [0.5, 0.6) is 0 Å². The van der Waals surface area contributed by atoms with Crippen LogP contribution in [0.1, 0.15) is 44.9 Å². The number of carbonyl (C=O) groups excluding carboxylic acids is 3. The maximum absolute atomic E-state index is 12.7. The van der Waals surface area contributed by atoms with E-state index in [0.29, 0.717) is 5.82 Å². The third-order valence-electron chi connectivity index (χ3n) is 4.16. The lowest BCUT2D eigenvalue weighted by molar-refractivity contribution is 0.0525. The fourth-order valence-electron chi connectivity index (χ4n) is 2.75. The number of hydrogen-bond acceptors (Lipinski definition) is 7. The maximum atomic E-state index is 12.7. The lowest BCUT2D eigenvalue weighted by Gasteiger charge is -2.10. The first-order chi connectivity index (χ1) is 15.0. The first-order valence-electron chi connectivity index (χ1n) is 9.70. The van der Waals surface area contributed by atoms with Gasteiger partial charge < -0.3 is 14.8 Å². The fraction of sp³-hybridized carbons (Fsp3) is 0.174. The van der Waals surface area contributed by atoms with Crippen LogP contribution in [-0.2, 0) is 9.47 Å². The van der Waals surface area contributed by atoms with E-state index in [0.717, 1.165) is 5.56 Å². The Balaban J connectivity index is 1.84. The van der Waals surface area contributed by atoms with E-state index < -0.39 is 17.8 Å². The highest BCUT2D eigenvalue weighted by molar-refractivity contribution is 6.05. The molecule has 3 aromatic rings. The molecule has 1 N–H and O–H groups in total.